The summed E-state index contributed by atoms with van der Waals surface area (Å²) in [6, 6.07) is 3.31. The van der Waals surface area contributed by atoms with Crippen LogP contribution in [-0.2, 0) is 16.3 Å². The molecule has 2 unspecified atom stereocenters. The van der Waals surface area contributed by atoms with Gasteiger partial charge < -0.3 is 5.11 Å². The van der Waals surface area contributed by atoms with Crippen LogP contribution in [0.4, 0.5) is 8.78 Å². The summed E-state index contributed by atoms with van der Waals surface area (Å²) in [6.07, 6.45) is 0.721. The molecule has 1 fully saturated rings. The number of hydrogen-bond donors (Lipinski definition) is 1. The van der Waals surface area contributed by atoms with Gasteiger partial charge in [0, 0.05) is 12.7 Å². The van der Waals surface area contributed by atoms with E-state index in [1.807, 2.05) is 0 Å². The Morgan fingerprint density at radius 1 is 1.37 bits per heavy atom. The lowest BCUT2D eigenvalue weighted by Crippen LogP contribution is -2.22. The van der Waals surface area contributed by atoms with Crippen LogP contribution in [0.2, 0.25) is 0 Å². The zero-order chi connectivity index (χ0) is 14.0. The second kappa shape index (κ2) is 5.54. The smallest absolute Gasteiger partial charge is 0.150 e. The number of hydrogen-bond acceptors (Lipinski definition) is 3. The average Bonchev–Trinajstić information content (AvgIpc) is 2.69. The highest BCUT2D eigenvalue weighted by molar-refractivity contribution is 7.91. The minimum absolute atomic E-state index is 0.0427. The first-order chi connectivity index (χ1) is 8.91. The largest absolute Gasteiger partial charge is 0.396 e. The molecular formula is C13H16F2O3S. The SMILES string of the molecule is O=S1(=O)CCC(C(CO)Cc2ccc(F)cc2F)C1. The van der Waals surface area contributed by atoms with Crippen LogP contribution in [0, 0.1) is 23.5 Å². The fourth-order valence-corrected chi connectivity index (χ4v) is 4.47. The summed E-state index contributed by atoms with van der Waals surface area (Å²) in [5, 5.41) is 9.37. The summed E-state index contributed by atoms with van der Waals surface area (Å²) < 4.78 is 49.2. The fraction of sp³-hybridized carbons (Fsp3) is 0.538. The lowest BCUT2D eigenvalue weighted by Gasteiger charge is -2.20. The van der Waals surface area contributed by atoms with Crippen molar-refractivity contribution in [3.05, 3.63) is 35.4 Å². The van der Waals surface area contributed by atoms with Crippen molar-refractivity contribution in [2.24, 2.45) is 11.8 Å². The number of benzene rings is 1. The maximum Gasteiger partial charge on any atom is 0.150 e. The summed E-state index contributed by atoms with van der Waals surface area (Å²) in [6.45, 7) is -0.197. The summed E-state index contributed by atoms with van der Waals surface area (Å²) >= 11 is 0. The summed E-state index contributed by atoms with van der Waals surface area (Å²) in [5.41, 5.74) is 0.310. The van der Waals surface area contributed by atoms with Crippen molar-refractivity contribution >= 4 is 9.84 Å². The Hall–Kier alpha value is -1.01. The van der Waals surface area contributed by atoms with Crippen molar-refractivity contribution in [3.63, 3.8) is 0 Å². The molecule has 1 N–H and O–H groups in total. The Labute approximate surface area is 111 Å². The highest BCUT2D eigenvalue weighted by Crippen LogP contribution is 2.29. The van der Waals surface area contributed by atoms with Gasteiger partial charge in [-0.15, -0.1) is 0 Å². The first kappa shape index (κ1) is 14.4. The van der Waals surface area contributed by atoms with Gasteiger partial charge in [-0.2, -0.15) is 0 Å². The van der Waals surface area contributed by atoms with Crippen molar-refractivity contribution in [1.82, 2.24) is 0 Å². The first-order valence-corrected chi connectivity index (χ1v) is 7.98. The van der Waals surface area contributed by atoms with Gasteiger partial charge in [0.05, 0.1) is 11.5 Å². The molecule has 1 aromatic carbocycles. The molecule has 1 aromatic rings. The van der Waals surface area contributed by atoms with E-state index in [1.165, 1.54) is 6.07 Å². The summed E-state index contributed by atoms with van der Waals surface area (Å²) in [4.78, 5) is 0. The van der Waals surface area contributed by atoms with Gasteiger partial charge in [0.15, 0.2) is 9.84 Å². The van der Waals surface area contributed by atoms with Crippen molar-refractivity contribution in [1.29, 1.82) is 0 Å². The van der Waals surface area contributed by atoms with E-state index in [0.29, 0.717) is 12.0 Å². The highest BCUT2D eigenvalue weighted by atomic mass is 32.2. The number of halogens is 2. The molecule has 6 heteroatoms. The van der Waals surface area contributed by atoms with Gasteiger partial charge >= 0.3 is 0 Å². The molecule has 0 radical (unpaired) electrons. The zero-order valence-electron chi connectivity index (χ0n) is 10.4. The quantitative estimate of drug-likeness (QED) is 0.915. The van der Waals surface area contributed by atoms with Crippen LogP contribution in [0.25, 0.3) is 0 Å². The standard InChI is InChI=1S/C13H16F2O3S/c14-12-2-1-9(13(15)6-12)5-11(7-16)10-3-4-19(17,18)8-10/h1-2,6,10-11,16H,3-5,7-8H2. The molecule has 0 spiro atoms. The van der Waals surface area contributed by atoms with Gasteiger partial charge in [-0.05, 0) is 36.3 Å². The van der Waals surface area contributed by atoms with Crippen LogP contribution in [0.5, 0.6) is 0 Å². The van der Waals surface area contributed by atoms with Gasteiger partial charge in [-0.3, -0.25) is 0 Å². The van der Waals surface area contributed by atoms with Crippen LogP contribution in [0.15, 0.2) is 18.2 Å². The van der Waals surface area contributed by atoms with Crippen molar-refractivity contribution in [3.8, 4) is 0 Å². The fourth-order valence-electron chi connectivity index (χ4n) is 2.55. The molecule has 1 saturated heterocycles. The van der Waals surface area contributed by atoms with Crippen molar-refractivity contribution in [2.45, 2.75) is 12.8 Å². The zero-order valence-corrected chi connectivity index (χ0v) is 11.2. The third-order valence-corrected chi connectivity index (χ3v) is 5.46. The lowest BCUT2D eigenvalue weighted by atomic mass is 9.87. The van der Waals surface area contributed by atoms with E-state index in [2.05, 4.69) is 0 Å². The van der Waals surface area contributed by atoms with E-state index in [9.17, 15) is 22.3 Å². The molecule has 0 bridgehead atoms. The normalized spacial score (nSPS) is 23.4. The third-order valence-electron chi connectivity index (χ3n) is 3.67. The summed E-state index contributed by atoms with van der Waals surface area (Å²) in [5.74, 6) is -1.59. The Bertz CT molecular complexity index is 557. The molecule has 19 heavy (non-hydrogen) atoms. The van der Waals surface area contributed by atoms with Crippen LogP contribution in [-0.4, -0.2) is 31.6 Å². The second-order valence-electron chi connectivity index (χ2n) is 5.05. The molecular weight excluding hydrogens is 274 g/mol. The molecule has 3 nitrogen and oxygen atoms in total. The average molecular weight is 290 g/mol. The van der Waals surface area contributed by atoms with E-state index in [1.54, 1.807) is 0 Å². The highest BCUT2D eigenvalue weighted by Gasteiger charge is 2.33. The number of rotatable bonds is 4. The first-order valence-electron chi connectivity index (χ1n) is 6.16. The number of aliphatic hydroxyl groups is 1. The molecule has 0 aliphatic carbocycles. The van der Waals surface area contributed by atoms with E-state index in [-0.39, 0.29) is 36.4 Å². The lowest BCUT2D eigenvalue weighted by molar-refractivity contribution is 0.183. The summed E-state index contributed by atoms with van der Waals surface area (Å²) in [7, 11) is -3.02. The molecule has 1 aliphatic rings. The molecule has 106 valence electrons. The van der Waals surface area contributed by atoms with E-state index in [0.717, 1.165) is 12.1 Å². The van der Waals surface area contributed by atoms with Crippen LogP contribution >= 0.6 is 0 Å². The molecule has 1 aliphatic heterocycles. The molecule has 0 aromatic heterocycles. The topological polar surface area (TPSA) is 54.4 Å². The molecule has 2 rings (SSSR count). The molecule has 0 saturated carbocycles. The minimum atomic E-state index is -3.02. The van der Waals surface area contributed by atoms with Crippen LogP contribution in [0.3, 0.4) is 0 Å². The van der Waals surface area contributed by atoms with Crippen molar-refractivity contribution < 1.29 is 22.3 Å². The van der Waals surface area contributed by atoms with Gasteiger partial charge in [-0.25, -0.2) is 17.2 Å². The third kappa shape index (κ3) is 3.51. The van der Waals surface area contributed by atoms with Gasteiger partial charge in [0.1, 0.15) is 11.6 Å². The molecule has 1 heterocycles. The maximum atomic E-state index is 13.5. The monoisotopic (exact) mass is 290 g/mol. The number of sulfone groups is 1. The number of aliphatic hydroxyl groups excluding tert-OH is 1. The minimum Gasteiger partial charge on any atom is -0.396 e. The Kier molecular flexibility index (Phi) is 4.20. The predicted octanol–water partition coefficient (Wildman–Crippen LogP) is 1.55. The Morgan fingerprint density at radius 2 is 2.11 bits per heavy atom. The van der Waals surface area contributed by atoms with Gasteiger partial charge in [-0.1, -0.05) is 6.07 Å². The van der Waals surface area contributed by atoms with E-state index >= 15 is 0 Å². The van der Waals surface area contributed by atoms with Crippen LogP contribution < -0.4 is 0 Å². The van der Waals surface area contributed by atoms with Gasteiger partial charge in [0.25, 0.3) is 0 Å². The molecule has 2 atom stereocenters. The molecule has 0 amide bonds. The second-order valence-corrected chi connectivity index (χ2v) is 7.27. The van der Waals surface area contributed by atoms with E-state index in [4.69, 9.17) is 0 Å². The van der Waals surface area contributed by atoms with Gasteiger partial charge in [0.2, 0.25) is 0 Å². The predicted molar refractivity (Wildman–Crippen MR) is 67.4 cm³/mol. The van der Waals surface area contributed by atoms with Crippen molar-refractivity contribution in [2.75, 3.05) is 18.1 Å². The van der Waals surface area contributed by atoms with Crippen LogP contribution in [0.1, 0.15) is 12.0 Å². The maximum absolute atomic E-state index is 13.5. The Balaban J connectivity index is 2.11. The Morgan fingerprint density at radius 3 is 2.63 bits per heavy atom. The van der Waals surface area contributed by atoms with E-state index < -0.39 is 21.5 Å².